The molecule has 0 aromatic heterocycles. The Morgan fingerprint density at radius 2 is 1.76 bits per heavy atom. The minimum absolute atomic E-state index is 0.183. The molecule has 0 bridgehead atoms. The van der Waals surface area contributed by atoms with E-state index < -0.39 is 10.0 Å². The van der Waals surface area contributed by atoms with Gasteiger partial charge in [-0.15, -0.1) is 0 Å². The lowest BCUT2D eigenvalue weighted by Crippen LogP contribution is -2.33. The van der Waals surface area contributed by atoms with E-state index in [4.69, 9.17) is 21.1 Å². The number of methoxy groups -OCH3 is 1. The van der Waals surface area contributed by atoms with Gasteiger partial charge in [0.2, 0.25) is 10.0 Å². The highest BCUT2D eigenvalue weighted by molar-refractivity contribution is 7.89. The van der Waals surface area contributed by atoms with Crippen molar-refractivity contribution in [3.05, 3.63) is 53.6 Å². The van der Waals surface area contributed by atoms with Crippen LogP contribution in [0.5, 0.6) is 11.5 Å². The van der Waals surface area contributed by atoms with Gasteiger partial charge in [-0.1, -0.05) is 17.7 Å². The molecule has 25 heavy (non-hydrogen) atoms. The van der Waals surface area contributed by atoms with Gasteiger partial charge in [0.05, 0.1) is 11.5 Å². The maximum Gasteiger partial charge on any atom is 0.240 e. The van der Waals surface area contributed by atoms with Crippen molar-refractivity contribution in [2.75, 3.05) is 33.4 Å². The Hall–Kier alpha value is -1.64. The molecule has 0 saturated carbocycles. The summed E-state index contributed by atoms with van der Waals surface area (Å²) in [6, 6.07) is 13.2. The number of nitrogens with one attached hydrogen (secondary N) is 2. The van der Waals surface area contributed by atoms with Crippen molar-refractivity contribution >= 4 is 21.6 Å². The van der Waals surface area contributed by atoms with Crippen LogP contribution < -0.4 is 14.8 Å². The number of ether oxygens (including phenoxy) is 2. The van der Waals surface area contributed by atoms with Crippen LogP contribution in [-0.4, -0.2) is 41.8 Å². The van der Waals surface area contributed by atoms with Crippen molar-refractivity contribution in [3.63, 3.8) is 0 Å². The molecule has 0 fully saturated rings. The molecule has 2 aromatic rings. The first kappa shape index (κ1) is 19.7. The van der Waals surface area contributed by atoms with Crippen LogP contribution >= 0.6 is 11.6 Å². The van der Waals surface area contributed by atoms with Gasteiger partial charge in [-0.2, -0.15) is 0 Å². The van der Waals surface area contributed by atoms with Crippen LogP contribution in [0.15, 0.2) is 53.4 Å². The molecule has 0 aliphatic carbocycles. The summed E-state index contributed by atoms with van der Waals surface area (Å²) in [7, 11) is -1.93. The van der Waals surface area contributed by atoms with E-state index in [2.05, 4.69) is 10.0 Å². The number of rotatable bonds is 10. The van der Waals surface area contributed by atoms with Gasteiger partial charge in [-0.05, 0) is 42.5 Å². The highest BCUT2D eigenvalue weighted by Gasteiger charge is 2.13. The molecular formula is C17H21ClN2O4S. The first-order valence-electron chi connectivity index (χ1n) is 7.74. The molecule has 2 aromatic carbocycles. The Kier molecular flexibility index (Phi) is 7.67. The Morgan fingerprint density at radius 1 is 1.00 bits per heavy atom. The Bertz CT molecular complexity index is 766. The molecule has 136 valence electrons. The van der Waals surface area contributed by atoms with Crippen molar-refractivity contribution in [2.45, 2.75) is 4.90 Å². The van der Waals surface area contributed by atoms with Crippen LogP contribution in [0.2, 0.25) is 5.02 Å². The zero-order chi connectivity index (χ0) is 18.1. The van der Waals surface area contributed by atoms with Gasteiger partial charge in [0.15, 0.2) is 0 Å². The number of halogens is 1. The highest BCUT2D eigenvalue weighted by atomic mass is 35.5. The number of benzene rings is 2. The molecule has 0 aliphatic heterocycles. The predicted octanol–water partition coefficient (Wildman–Crippen LogP) is 2.65. The van der Waals surface area contributed by atoms with E-state index in [0.29, 0.717) is 42.8 Å². The zero-order valence-corrected chi connectivity index (χ0v) is 15.4. The molecule has 0 aliphatic rings. The SMILES string of the molecule is COCCNCCNS(=O)(=O)c1ccc(Oc2cccc(Cl)c2)cc1. The van der Waals surface area contributed by atoms with Gasteiger partial charge in [-0.25, -0.2) is 13.1 Å². The fourth-order valence-electron chi connectivity index (χ4n) is 2.01. The highest BCUT2D eigenvalue weighted by Crippen LogP contribution is 2.25. The van der Waals surface area contributed by atoms with Crippen molar-refractivity contribution in [1.29, 1.82) is 0 Å². The van der Waals surface area contributed by atoms with Crippen molar-refractivity contribution in [3.8, 4) is 11.5 Å². The van der Waals surface area contributed by atoms with E-state index in [1.165, 1.54) is 12.1 Å². The summed E-state index contributed by atoms with van der Waals surface area (Å²) in [6.45, 7) is 2.08. The lowest BCUT2D eigenvalue weighted by molar-refractivity contribution is 0.199. The molecule has 0 unspecified atom stereocenters. The second kappa shape index (κ2) is 9.74. The average Bonchev–Trinajstić information content (AvgIpc) is 2.58. The van der Waals surface area contributed by atoms with Gasteiger partial charge < -0.3 is 14.8 Å². The topological polar surface area (TPSA) is 76.7 Å². The summed E-state index contributed by atoms with van der Waals surface area (Å²) in [6.07, 6.45) is 0. The van der Waals surface area contributed by atoms with Crippen molar-refractivity contribution in [2.24, 2.45) is 0 Å². The molecule has 0 amide bonds. The Balaban J connectivity index is 1.89. The largest absolute Gasteiger partial charge is 0.457 e. The second-order valence-corrected chi connectivity index (χ2v) is 7.37. The summed E-state index contributed by atoms with van der Waals surface area (Å²) in [5.41, 5.74) is 0. The molecule has 0 radical (unpaired) electrons. The zero-order valence-electron chi connectivity index (χ0n) is 13.9. The van der Waals surface area contributed by atoms with E-state index >= 15 is 0 Å². The molecule has 6 nitrogen and oxygen atoms in total. The number of hydrogen-bond donors (Lipinski definition) is 2. The minimum Gasteiger partial charge on any atom is -0.457 e. The maximum absolute atomic E-state index is 12.2. The van der Waals surface area contributed by atoms with Crippen LogP contribution in [0.25, 0.3) is 0 Å². The summed E-state index contributed by atoms with van der Waals surface area (Å²) in [5, 5.41) is 3.64. The second-order valence-electron chi connectivity index (χ2n) is 5.17. The molecular weight excluding hydrogens is 364 g/mol. The van der Waals surface area contributed by atoms with E-state index in [9.17, 15) is 8.42 Å². The van der Waals surface area contributed by atoms with E-state index in [1.807, 2.05) is 0 Å². The summed E-state index contributed by atoms with van der Waals surface area (Å²) in [5.74, 6) is 1.12. The third kappa shape index (κ3) is 6.64. The summed E-state index contributed by atoms with van der Waals surface area (Å²) < 4.78 is 37.5. The lowest BCUT2D eigenvalue weighted by Gasteiger charge is -2.09. The fraction of sp³-hybridized carbons (Fsp3) is 0.294. The van der Waals surface area contributed by atoms with Crippen molar-refractivity contribution < 1.29 is 17.9 Å². The van der Waals surface area contributed by atoms with E-state index in [0.717, 1.165) is 0 Å². The van der Waals surface area contributed by atoms with Gasteiger partial charge >= 0.3 is 0 Å². The predicted molar refractivity (Wildman–Crippen MR) is 97.9 cm³/mol. The molecule has 2 rings (SSSR count). The third-order valence-corrected chi connectivity index (χ3v) is 4.95. The monoisotopic (exact) mass is 384 g/mol. The maximum atomic E-state index is 12.2. The smallest absolute Gasteiger partial charge is 0.240 e. The molecule has 2 N–H and O–H groups in total. The lowest BCUT2D eigenvalue weighted by atomic mass is 10.3. The standard InChI is InChI=1S/C17H21ClN2O4S/c1-23-12-11-19-9-10-20-25(21,22)17-7-5-15(6-8-17)24-16-4-2-3-14(18)13-16/h2-8,13,19-20H,9-12H2,1H3. The van der Waals surface area contributed by atoms with E-state index in [1.54, 1.807) is 43.5 Å². The molecule has 0 saturated heterocycles. The van der Waals surface area contributed by atoms with Crippen LogP contribution in [-0.2, 0) is 14.8 Å². The minimum atomic E-state index is -3.55. The summed E-state index contributed by atoms with van der Waals surface area (Å²) >= 11 is 5.90. The van der Waals surface area contributed by atoms with Gasteiger partial charge in [-0.3, -0.25) is 0 Å². The van der Waals surface area contributed by atoms with Gasteiger partial charge in [0.1, 0.15) is 11.5 Å². The molecule has 0 spiro atoms. The molecule has 0 atom stereocenters. The average molecular weight is 385 g/mol. The first-order valence-corrected chi connectivity index (χ1v) is 9.60. The normalized spacial score (nSPS) is 11.4. The summed E-state index contributed by atoms with van der Waals surface area (Å²) in [4.78, 5) is 0.183. The van der Waals surface area contributed by atoms with Gasteiger partial charge in [0.25, 0.3) is 0 Å². The molecule has 0 heterocycles. The third-order valence-electron chi connectivity index (χ3n) is 3.24. The Labute approximate surface area is 153 Å². The van der Waals surface area contributed by atoms with Gasteiger partial charge in [0, 0.05) is 31.8 Å². The number of sulfonamides is 1. The van der Waals surface area contributed by atoms with E-state index in [-0.39, 0.29) is 4.90 Å². The van der Waals surface area contributed by atoms with Crippen LogP contribution in [0, 0.1) is 0 Å². The van der Waals surface area contributed by atoms with Crippen LogP contribution in [0.1, 0.15) is 0 Å². The fourth-order valence-corrected chi connectivity index (χ4v) is 3.22. The quantitative estimate of drug-likeness (QED) is 0.616. The Morgan fingerprint density at radius 3 is 2.44 bits per heavy atom. The first-order chi connectivity index (χ1) is 12.0. The molecule has 8 heteroatoms. The number of hydrogen-bond acceptors (Lipinski definition) is 5. The van der Waals surface area contributed by atoms with Crippen LogP contribution in [0.4, 0.5) is 0 Å². The van der Waals surface area contributed by atoms with Crippen LogP contribution in [0.3, 0.4) is 0 Å². The van der Waals surface area contributed by atoms with Crippen molar-refractivity contribution in [1.82, 2.24) is 10.0 Å².